The van der Waals surface area contributed by atoms with Crippen LogP contribution in [0.4, 0.5) is 0 Å². The van der Waals surface area contributed by atoms with Crippen LogP contribution in [0.15, 0.2) is 11.3 Å². The van der Waals surface area contributed by atoms with Crippen molar-refractivity contribution in [3.05, 3.63) is 12.2 Å². The van der Waals surface area contributed by atoms with Gasteiger partial charge in [0, 0.05) is 33.2 Å². The molecule has 1 heterocycles. The molecule has 0 spiro atoms. The maximum atomic E-state index is 5.38. The molecule has 0 saturated heterocycles. The summed E-state index contributed by atoms with van der Waals surface area (Å²) in [5, 5.41) is 14.5. The number of aryl methyl sites for hydroxylation is 1. The Bertz CT molecular complexity index is 440. The number of aromatic nitrogens is 3. The minimum absolute atomic E-state index is 0.258. The summed E-state index contributed by atoms with van der Waals surface area (Å²) in [6, 6.07) is 0. The number of guanidine groups is 1. The van der Waals surface area contributed by atoms with Gasteiger partial charge < -0.3 is 19.9 Å². The molecule has 0 aromatic carbocycles. The van der Waals surface area contributed by atoms with E-state index in [9.17, 15) is 0 Å². The lowest BCUT2D eigenvalue weighted by atomic mass is 10.1. The van der Waals surface area contributed by atoms with Crippen LogP contribution in [0.5, 0.6) is 0 Å². The van der Waals surface area contributed by atoms with Gasteiger partial charge in [0.1, 0.15) is 12.2 Å². The number of hydrogen-bond acceptors (Lipinski definition) is 4. The van der Waals surface area contributed by atoms with E-state index in [1.54, 1.807) is 13.4 Å². The van der Waals surface area contributed by atoms with Crippen LogP contribution in [0.25, 0.3) is 0 Å². The summed E-state index contributed by atoms with van der Waals surface area (Å²) in [6.45, 7) is 11.2. The molecule has 0 aliphatic carbocycles. The largest absolute Gasteiger partial charge is 0.377 e. The monoisotopic (exact) mass is 296 g/mol. The van der Waals surface area contributed by atoms with Gasteiger partial charge in [-0.05, 0) is 20.8 Å². The number of methoxy groups -OCH3 is 1. The van der Waals surface area contributed by atoms with Crippen molar-refractivity contribution < 1.29 is 4.74 Å². The normalized spacial score (nSPS) is 12.5. The Balaban J connectivity index is 2.49. The van der Waals surface area contributed by atoms with Gasteiger partial charge in [-0.1, -0.05) is 6.92 Å². The first-order valence-corrected chi connectivity index (χ1v) is 7.46. The molecule has 120 valence electrons. The molecule has 0 bridgehead atoms. The molecule has 0 aliphatic rings. The van der Waals surface area contributed by atoms with Crippen LogP contribution < -0.4 is 10.6 Å². The van der Waals surface area contributed by atoms with Gasteiger partial charge in [0.25, 0.3) is 0 Å². The fraction of sp³-hybridized carbons (Fsp3) is 0.786. The summed E-state index contributed by atoms with van der Waals surface area (Å²) in [6.07, 6.45) is 2.65. The smallest absolute Gasteiger partial charge is 0.191 e. The third kappa shape index (κ3) is 6.12. The van der Waals surface area contributed by atoms with Gasteiger partial charge in [0.05, 0.1) is 12.1 Å². The highest BCUT2D eigenvalue weighted by Gasteiger charge is 2.15. The lowest BCUT2D eigenvalue weighted by molar-refractivity contribution is 0.0310. The number of ether oxygens (including phenoxy) is 1. The highest BCUT2D eigenvalue weighted by molar-refractivity contribution is 5.79. The molecule has 0 atom stereocenters. The van der Waals surface area contributed by atoms with Crippen LogP contribution >= 0.6 is 0 Å². The standard InChI is InChI=1S/C14H28N6O/c1-6-12-19-18-11-20(12)9-8-16-13(15-7-2)17-10-14(3,4)21-5/h11H,6-10H2,1-5H3,(H2,15,16,17). The van der Waals surface area contributed by atoms with Crippen LogP contribution in [0.2, 0.25) is 0 Å². The molecule has 7 nitrogen and oxygen atoms in total. The summed E-state index contributed by atoms with van der Waals surface area (Å²) in [5.41, 5.74) is -0.258. The minimum Gasteiger partial charge on any atom is -0.377 e. The molecular weight excluding hydrogens is 268 g/mol. The Labute approximate surface area is 127 Å². The highest BCUT2D eigenvalue weighted by Crippen LogP contribution is 2.06. The van der Waals surface area contributed by atoms with E-state index in [4.69, 9.17) is 4.74 Å². The molecule has 21 heavy (non-hydrogen) atoms. The van der Waals surface area contributed by atoms with E-state index in [1.807, 2.05) is 20.8 Å². The lowest BCUT2D eigenvalue weighted by Gasteiger charge is -2.21. The van der Waals surface area contributed by atoms with Crippen molar-refractivity contribution in [3.63, 3.8) is 0 Å². The molecule has 1 rings (SSSR count). The van der Waals surface area contributed by atoms with E-state index in [2.05, 4.69) is 37.3 Å². The van der Waals surface area contributed by atoms with Crippen molar-refractivity contribution in [2.75, 3.05) is 26.7 Å². The number of nitrogens with one attached hydrogen (secondary N) is 2. The topological polar surface area (TPSA) is 76.4 Å². The molecule has 0 amide bonds. The zero-order valence-electron chi connectivity index (χ0n) is 13.8. The SMILES string of the molecule is CCNC(=NCC(C)(C)OC)NCCn1cnnc1CC. The molecule has 2 N–H and O–H groups in total. The molecule has 7 heteroatoms. The molecule has 1 aromatic rings. The third-order valence-electron chi connectivity index (χ3n) is 3.17. The molecular formula is C14H28N6O. The second-order valence-electron chi connectivity index (χ2n) is 5.38. The van der Waals surface area contributed by atoms with Gasteiger partial charge in [-0.25, -0.2) is 0 Å². The predicted octanol–water partition coefficient (Wildman–Crippen LogP) is 0.821. The Morgan fingerprint density at radius 3 is 2.76 bits per heavy atom. The van der Waals surface area contributed by atoms with Crippen LogP contribution in [-0.2, 0) is 17.7 Å². The third-order valence-corrected chi connectivity index (χ3v) is 3.17. The zero-order chi connectivity index (χ0) is 15.7. The van der Waals surface area contributed by atoms with Gasteiger partial charge in [-0.15, -0.1) is 10.2 Å². The van der Waals surface area contributed by atoms with Crippen LogP contribution in [0.1, 0.15) is 33.5 Å². The summed E-state index contributed by atoms with van der Waals surface area (Å²) < 4.78 is 7.43. The number of rotatable bonds is 8. The predicted molar refractivity (Wildman–Crippen MR) is 84.5 cm³/mol. The second kappa shape index (κ2) is 8.61. The van der Waals surface area contributed by atoms with Crippen molar-refractivity contribution in [1.82, 2.24) is 25.4 Å². The Morgan fingerprint density at radius 2 is 2.14 bits per heavy atom. The van der Waals surface area contributed by atoms with E-state index >= 15 is 0 Å². The van der Waals surface area contributed by atoms with Crippen molar-refractivity contribution in [3.8, 4) is 0 Å². The number of hydrogen-bond donors (Lipinski definition) is 2. The fourth-order valence-corrected chi connectivity index (χ4v) is 1.71. The first-order valence-electron chi connectivity index (χ1n) is 7.46. The van der Waals surface area contributed by atoms with Gasteiger partial charge in [-0.3, -0.25) is 4.99 Å². The van der Waals surface area contributed by atoms with E-state index in [1.165, 1.54) is 0 Å². The summed E-state index contributed by atoms with van der Waals surface area (Å²) in [4.78, 5) is 4.55. The van der Waals surface area contributed by atoms with E-state index in [0.29, 0.717) is 6.54 Å². The average Bonchev–Trinajstić information content (AvgIpc) is 2.92. The molecule has 0 saturated carbocycles. The van der Waals surface area contributed by atoms with E-state index in [-0.39, 0.29) is 5.60 Å². The summed E-state index contributed by atoms with van der Waals surface area (Å²) in [7, 11) is 1.70. The van der Waals surface area contributed by atoms with Crippen LogP contribution in [0, 0.1) is 0 Å². The van der Waals surface area contributed by atoms with Crippen molar-refractivity contribution >= 4 is 5.96 Å². The maximum Gasteiger partial charge on any atom is 0.191 e. The lowest BCUT2D eigenvalue weighted by Crippen LogP contribution is -2.40. The molecule has 0 radical (unpaired) electrons. The van der Waals surface area contributed by atoms with Crippen molar-refractivity contribution in [1.29, 1.82) is 0 Å². The fourth-order valence-electron chi connectivity index (χ4n) is 1.71. The zero-order valence-corrected chi connectivity index (χ0v) is 13.8. The Morgan fingerprint density at radius 1 is 1.38 bits per heavy atom. The van der Waals surface area contributed by atoms with E-state index in [0.717, 1.165) is 37.8 Å². The molecule has 0 fully saturated rings. The quantitative estimate of drug-likeness (QED) is 0.549. The highest BCUT2D eigenvalue weighted by atomic mass is 16.5. The first kappa shape index (κ1) is 17.4. The second-order valence-corrected chi connectivity index (χ2v) is 5.38. The van der Waals surface area contributed by atoms with Gasteiger partial charge in [-0.2, -0.15) is 0 Å². The maximum absolute atomic E-state index is 5.38. The first-order chi connectivity index (χ1) is 10.0. The van der Waals surface area contributed by atoms with Crippen LogP contribution in [-0.4, -0.2) is 53.1 Å². The van der Waals surface area contributed by atoms with Crippen LogP contribution in [0.3, 0.4) is 0 Å². The molecule has 0 unspecified atom stereocenters. The van der Waals surface area contributed by atoms with Crippen molar-refractivity contribution in [2.24, 2.45) is 4.99 Å². The average molecular weight is 296 g/mol. The number of aliphatic imine (C=N–C) groups is 1. The number of nitrogens with zero attached hydrogens (tertiary/aromatic N) is 4. The Hall–Kier alpha value is -1.63. The van der Waals surface area contributed by atoms with Gasteiger partial charge >= 0.3 is 0 Å². The van der Waals surface area contributed by atoms with Gasteiger partial charge in [0.15, 0.2) is 5.96 Å². The van der Waals surface area contributed by atoms with E-state index < -0.39 is 0 Å². The molecule has 0 aliphatic heterocycles. The molecule has 1 aromatic heterocycles. The minimum atomic E-state index is -0.258. The van der Waals surface area contributed by atoms with Gasteiger partial charge in [0.2, 0.25) is 0 Å². The summed E-state index contributed by atoms with van der Waals surface area (Å²) >= 11 is 0. The van der Waals surface area contributed by atoms with Crippen molar-refractivity contribution in [2.45, 2.75) is 46.3 Å². The summed E-state index contributed by atoms with van der Waals surface area (Å²) in [5.74, 6) is 1.80. The Kier molecular flexibility index (Phi) is 7.14.